The number of aliphatic hydroxyl groups is 1. The highest BCUT2D eigenvalue weighted by atomic mass is 35.5. The van der Waals surface area contributed by atoms with Gasteiger partial charge in [0.15, 0.2) is 0 Å². The summed E-state index contributed by atoms with van der Waals surface area (Å²) in [6.45, 7) is 5.52. The van der Waals surface area contributed by atoms with E-state index in [4.69, 9.17) is 11.6 Å². The van der Waals surface area contributed by atoms with Crippen molar-refractivity contribution in [1.29, 1.82) is 0 Å². The van der Waals surface area contributed by atoms with Gasteiger partial charge < -0.3 is 25.2 Å². The van der Waals surface area contributed by atoms with Gasteiger partial charge in [0, 0.05) is 25.2 Å². The maximum absolute atomic E-state index is 14.8. The largest absolute Gasteiger partial charge is 0.389 e. The van der Waals surface area contributed by atoms with Crippen LogP contribution >= 0.6 is 11.6 Å². The molecule has 196 valence electrons. The predicted molar refractivity (Wildman–Crippen MR) is 142 cm³/mol. The number of carbonyl (C=O) groups is 2. The number of amides is 2. The van der Waals surface area contributed by atoms with Crippen molar-refractivity contribution >= 4 is 39.9 Å². The molecule has 2 heterocycles. The zero-order valence-corrected chi connectivity index (χ0v) is 21.9. The number of halogens is 2. The highest BCUT2D eigenvalue weighted by Gasteiger charge is 2.28. The van der Waals surface area contributed by atoms with Crippen LogP contribution < -0.4 is 10.9 Å². The van der Waals surface area contributed by atoms with Gasteiger partial charge >= 0.3 is 0 Å². The van der Waals surface area contributed by atoms with Crippen LogP contribution in [0.15, 0.2) is 41.2 Å². The summed E-state index contributed by atoms with van der Waals surface area (Å²) in [6.07, 6.45) is 0.678. The Morgan fingerprint density at radius 2 is 2.00 bits per heavy atom. The van der Waals surface area contributed by atoms with Gasteiger partial charge in [-0.25, -0.2) is 4.39 Å². The van der Waals surface area contributed by atoms with Crippen molar-refractivity contribution in [2.24, 2.45) is 0 Å². The van der Waals surface area contributed by atoms with Gasteiger partial charge in [-0.3, -0.25) is 14.4 Å². The molecule has 0 aliphatic carbocycles. The SMILES string of the molecule is C[C@H]1c2ccc(Cl)cc2CCN1C(=O)CNc1cc2cc(C(=O)N(C)CC(C)(C)O)[nH]c(=O)c2cc1F. The first kappa shape index (κ1) is 26.6. The minimum atomic E-state index is -1.12. The molecule has 0 saturated carbocycles. The van der Waals surface area contributed by atoms with Gasteiger partial charge in [0.2, 0.25) is 5.91 Å². The fourth-order valence-corrected chi connectivity index (χ4v) is 5.00. The fourth-order valence-electron chi connectivity index (χ4n) is 4.81. The average Bonchev–Trinajstić information content (AvgIpc) is 2.81. The van der Waals surface area contributed by atoms with Crippen LogP contribution in [0, 0.1) is 5.82 Å². The summed E-state index contributed by atoms with van der Waals surface area (Å²) in [5, 5.41) is 13.9. The van der Waals surface area contributed by atoms with E-state index in [0.29, 0.717) is 23.4 Å². The number of nitrogens with zero attached hydrogens (tertiary/aromatic N) is 2. The number of nitrogens with one attached hydrogen (secondary N) is 2. The van der Waals surface area contributed by atoms with Crippen LogP contribution in [0.1, 0.15) is 48.4 Å². The van der Waals surface area contributed by atoms with Crippen LogP contribution in [0.4, 0.5) is 10.1 Å². The Bertz CT molecular complexity index is 1430. The Morgan fingerprint density at radius 1 is 1.27 bits per heavy atom. The molecule has 37 heavy (non-hydrogen) atoms. The first-order valence-corrected chi connectivity index (χ1v) is 12.4. The Labute approximate surface area is 219 Å². The van der Waals surface area contributed by atoms with E-state index in [2.05, 4.69) is 10.3 Å². The standard InChI is InChI=1S/C27H30ClFN4O4/c1-15-19-6-5-18(28)9-16(19)7-8-33(15)24(34)13-30-22-10-17-11-23(26(36)32(4)14-27(2,3)37)31-25(35)20(17)12-21(22)29/h5-6,9-12,15,30,37H,7-8,13-14H2,1-4H3,(H,31,35)/t15-/m0/s1. The molecular formula is C27H30ClFN4O4. The summed E-state index contributed by atoms with van der Waals surface area (Å²) in [5.74, 6) is -1.37. The Kier molecular flexibility index (Phi) is 7.30. The number of rotatable bonds is 6. The Morgan fingerprint density at radius 3 is 2.70 bits per heavy atom. The maximum Gasteiger partial charge on any atom is 0.270 e. The minimum Gasteiger partial charge on any atom is -0.389 e. The summed E-state index contributed by atoms with van der Waals surface area (Å²) in [7, 11) is 1.51. The molecule has 1 aliphatic rings. The lowest BCUT2D eigenvalue weighted by Crippen LogP contribution is -2.41. The molecular weight excluding hydrogens is 499 g/mol. The van der Waals surface area contributed by atoms with Crippen LogP contribution in [0.5, 0.6) is 0 Å². The highest BCUT2D eigenvalue weighted by molar-refractivity contribution is 6.30. The number of pyridine rings is 1. The third-order valence-electron chi connectivity index (χ3n) is 6.53. The molecule has 0 saturated heterocycles. The quantitative estimate of drug-likeness (QED) is 0.452. The summed E-state index contributed by atoms with van der Waals surface area (Å²) < 4.78 is 14.8. The molecule has 4 rings (SSSR count). The summed E-state index contributed by atoms with van der Waals surface area (Å²) >= 11 is 6.10. The molecule has 8 nitrogen and oxygen atoms in total. The van der Waals surface area contributed by atoms with E-state index in [1.165, 1.54) is 24.1 Å². The summed E-state index contributed by atoms with van der Waals surface area (Å²) in [6, 6.07) is 9.45. The van der Waals surface area contributed by atoms with Crippen molar-refractivity contribution in [3.8, 4) is 0 Å². The first-order chi connectivity index (χ1) is 17.3. The third-order valence-corrected chi connectivity index (χ3v) is 6.76. The number of benzene rings is 2. The predicted octanol–water partition coefficient (Wildman–Crippen LogP) is 3.72. The van der Waals surface area contributed by atoms with Gasteiger partial charge in [-0.15, -0.1) is 0 Å². The molecule has 1 atom stereocenters. The fraction of sp³-hybridized carbons (Fsp3) is 0.370. The lowest BCUT2D eigenvalue weighted by molar-refractivity contribution is -0.131. The Balaban J connectivity index is 1.53. The zero-order chi connectivity index (χ0) is 27.1. The van der Waals surface area contributed by atoms with E-state index in [1.807, 2.05) is 19.1 Å². The number of anilines is 1. The number of hydrogen-bond acceptors (Lipinski definition) is 5. The monoisotopic (exact) mass is 528 g/mol. The van der Waals surface area contributed by atoms with Gasteiger partial charge in [-0.05, 0) is 74.0 Å². The molecule has 0 fully saturated rings. The number of hydrogen-bond donors (Lipinski definition) is 3. The molecule has 0 bridgehead atoms. The van der Waals surface area contributed by atoms with Crippen molar-refractivity contribution in [3.05, 3.63) is 74.4 Å². The van der Waals surface area contributed by atoms with Crippen molar-refractivity contribution in [3.63, 3.8) is 0 Å². The van der Waals surface area contributed by atoms with Gasteiger partial charge in [0.05, 0.1) is 29.3 Å². The number of likely N-dealkylation sites (N-methyl/N-ethyl adjacent to an activating group) is 1. The number of aromatic nitrogens is 1. The molecule has 1 aliphatic heterocycles. The number of H-pyrrole nitrogens is 1. The van der Waals surface area contributed by atoms with E-state index in [1.54, 1.807) is 24.8 Å². The van der Waals surface area contributed by atoms with Crippen LogP contribution in [0.3, 0.4) is 0 Å². The highest BCUT2D eigenvalue weighted by Crippen LogP contribution is 2.31. The second-order valence-corrected chi connectivity index (χ2v) is 10.6. The molecule has 1 aromatic heterocycles. The molecule has 0 radical (unpaired) electrons. The van der Waals surface area contributed by atoms with Crippen LogP contribution in [0.25, 0.3) is 10.8 Å². The van der Waals surface area contributed by atoms with Gasteiger partial charge in [0.25, 0.3) is 11.5 Å². The van der Waals surface area contributed by atoms with E-state index in [9.17, 15) is 23.9 Å². The molecule has 2 aromatic carbocycles. The molecule has 2 amide bonds. The number of fused-ring (bicyclic) bond motifs is 2. The minimum absolute atomic E-state index is 0.0128. The van der Waals surface area contributed by atoms with Crippen LogP contribution in [-0.4, -0.2) is 64.0 Å². The molecule has 3 aromatic rings. The Hall–Kier alpha value is -3.43. The molecule has 0 spiro atoms. The maximum atomic E-state index is 14.8. The molecule has 10 heteroatoms. The van der Waals surface area contributed by atoms with Crippen molar-refractivity contribution < 1.29 is 19.1 Å². The lowest BCUT2D eigenvalue weighted by atomic mass is 9.93. The van der Waals surface area contributed by atoms with Gasteiger partial charge in [0.1, 0.15) is 11.5 Å². The van der Waals surface area contributed by atoms with Crippen molar-refractivity contribution in [2.75, 3.05) is 32.0 Å². The smallest absolute Gasteiger partial charge is 0.270 e. The van der Waals surface area contributed by atoms with E-state index in [-0.39, 0.29) is 41.8 Å². The number of aromatic amines is 1. The van der Waals surface area contributed by atoms with Crippen molar-refractivity contribution in [1.82, 2.24) is 14.8 Å². The van der Waals surface area contributed by atoms with Gasteiger partial charge in [-0.2, -0.15) is 0 Å². The third kappa shape index (κ3) is 5.78. The summed E-state index contributed by atoms with van der Waals surface area (Å²) in [5.41, 5.74) is 0.480. The summed E-state index contributed by atoms with van der Waals surface area (Å²) in [4.78, 5) is 43.9. The molecule has 3 N–H and O–H groups in total. The van der Waals surface area contributed by atoms with Crippen LogP contribution in [0.2, 0.25) is 5.02 Å². The average molecular weight is 529 g/mol. The molecule has 0 unspecified atom stereocenters. The lowest BCUT2D eigenvalue weighted by Gasteiger charge is -2.35. The number of carbonyl (C=O) groups excluding carboxylic acids is 2. The van der Waals surface area contributed by atoms with Crippen LogP contribution in [-0.2, 0) is 11.2 Å². The first-order valence-electron chi connectivity index (χ1n) is 12.0. The second-order valence-electron chi connectivity index (χ2n) is 10.1. The normalized spacial score (nSPS) is 15.4. The van der Waals surface area contributed by atoms with Crippen molar-refractivity contribution in [2.45, 2.75) is 38.8 Å². The van der Waals surface area contributed by atoms with Gasteiger partial charge in [-0.1, -0.05) is 17.7 Å². The van der Waals surface area contributed by atoms with E-state index in [0.717, 1.165) is 17.2 Å². The van der Waals surface area contributed by atoms with E-state index < -0.39 is 22.9 Å². The van der Waals surface area contributed by atoms with E-state index >= 15 is 0 Å². The topological polar surface area (TPSA) is 106 Å². The second kappa shape index (κ2) is 10.1. The zero-order valence-electron chi connectivity index (χ0n) is 21.2.